The number of anilines is 1. The number of hydrogen-bond donors (Lipinski definition) is 3. The minimum atomic E-state index is -4.37. The molecule has 0 aliphatic carbocycles. The Hall–Kier alpha value is -2.89. The average Bonchev–Trinajstić information content (AvgIpc) is 3.20. The first-order valence-electron chi connectivity index (χ1n) is 9.64. The summed E-state index contributed by atoms with van der Waals surface area (Å²) in [5.74, 6) is -2.37. The number of aromatic nitrogens is 1. The number of thiazole rings is 1. The second kappa shape index (κ2) is 10.2. The van der Waals surface area contributed by atoms with E-state index < -0.39 is 28.0 Å². The molecule has 1 heterocycles. The summed E-state index contributed by atoms with van der Waals surface area (Å²) in [4.78, 5) is 17.2. The zero-order chi connectivity index (χ0) is 23.3. The lowest BCUT2D eigenvalue weighted by Crippen LogP contribution is -2.31. The Bertz CT molecular complexity index is 1200. The molecule has 1 atom stereocenters. The Morgan fingerprint density at radius 3 is 2.41 bits per heavy atom. The lowest BCUT2D eigenvalue weighted by molar-refractivity contribution is -0.121. The van der Waals surface area contributed by atoms with Crippen molar-refractivity contribution in [2.75, 3.05) is 4.72 Å². The Morgan fingerprint density at radius 2 is 1.81 bits per heavy atom. The predicted molar refractivity (Wildman–Crippen MR) is 118 cm³/mol. The highest BCUT2D eigenvalue weighted by molar-refractivity contribution is 7.87. The molecule has 3 aromatic rings. The van der Waals surface area contributed by atoms with Gasteiger partial charge in [-0.15, -0.1) is 11.3 Å². The SMILES string of the molecule is CCc1csc(C(Cc2ccc(NS(=O)(=O)O)cc2)NC(=O)Cc2ccc(F)c(F)c2)n1. The van der Waals surface area contributed by atoms with Crippen LogP contribution in [0.25, 0.3) is 0 Å². The predicted octanol–water partition coefficient (Wildman–Crippen LogP) is 3.84. The molecular weight excluding hydrogens is 460 g/mol. The average molecular weight is 482 g/mol. The molecule has 1 aromatic heterocycles. The van der Waals surface area contributed by atoms with Crippen molar-refractivity contribution in [3.05, 3.63) is 81.3 Å². The van der Waals surface area contributed by atoms with Gasteiger partial charge in [0, 0.05) is 5.38 Å². The number of carbonyl (C=O) groups excluding carboxylic acids is 1. The second-order valence-corrected chi connectivity index (χ2v) is 9.10. The maximum atomic E-state index is 13.4. The van der Waals surface area contributed by atoms with E-state index in [9.17, 15) is 22.0 Å². The number of rotatable bonds is 9. The fraction of sp³-hybridized carbons (Fsp3) is 0.238. The maximum Gasteiger partial charge on any atom is 0.357 e. The number of nitrogens with one attached hydrogen (secondary N) is 2. The molecule has 7 nitrogen and oxygen atoms in total. The van der Waals surface area contributed by atoms with Crippen molar-refractivity contribution in [1.82, 2.24) is 10.3 Å². The van der Waals surface area contributed by atoms with Crippen LogP contribution < -0.4 is 10.0 Å². The van der Waals surface area contributed by atoms with E-state index in [4.69, 9.17) is 4.55 Å². The Balaban J connectivity index is 1.76. The number of nitrogens with zero attached hydrogens (tertiary/aromatic N) is 1. The van der Waals surface area contributed by atoms with Crippen LogP contribution in [-0.4, -0.2) is 23.9 Å². The molecule has 3 rings (SSSR count). The van der Waals surface area contributed by atoms with Crippen LogP contribution in [0.3, 0.4) is 0 Å². The van der Waals surface area contributed by atoms with Gasteiger partial charge in [0.15, 0.2) is 11.6 Å². The van der Waals surface area contributed by atoms with Crippen molar-refractivity contribution in [3.63, 3.8) is 0 Å². The van der Waals surface area contributed by atoms with Crippen LogP contribution in [-0.2, 0) is 34.4 Å². The van der Waals surface area contributed by atoms with Crippen molar-refractivity contribution in [2.45, 2.75) is 32.2 Å². The van der Waals surface area contributed by atoms with Gasteiger partial charge in [0.2, 0.25) is 5.91 Å². The standard InChI is InChI=1S/C21H21F2N3O4S2/c1-2-15-12-31-21(24-15)19(10-13-3-6-16(7-4-13)26-32(28,29)30)25-20(27)11-14-5-8-17(22)18(23)9-14/h3-9,12,19,26H,2,10-11H2,1H3,(H,25,27)(H,28,29,30). The zero-order valence-corrected chi connectivity index (χ0v) is 18.6. The van der Waals surface area contributed by atoms with Crippen LogP contribution in [0.2, 0.25) is 0 Å². The van der Waals surface area contributed by atoms with E-state index in [1.165, 1.54) is 29.5 Å². The highest BCUT2D eigenvalue weighted by atomic mass is 32.2. The molecule has 0 saturated carbocycles. The molecule has 2 aromatic carbocycles. The van der Waals surface area contributed by atoms with Gasteiger partial charge in [0.1, 0.15) is 5.01 Å². The summed E-state index contributed by atoms with van der Waals surface area (Å²) in [6.45, 7) is 1.97. The molecule has 170 valence electrons. The van der Waals surface area contributed by atoms with E-state index in [0.29, 0.717) is 17.0 Å². The van der Waals surface area contributed by atoms with Crippen molar-refractivity contribution >= 4 is 33.2 Å². The monoisotopic (exact) mass is 481 g/mol. The number of amides is 1. The molecule has 0 fully saturated rings. The van der Waals surface area contributed by atoms with Gasteiger partial charge in [-0.25, -0.2) is 13.8 Å². The quantitative estimate of drug-likeness (QED) is 0.403. The summed E-state index contributed by atoms with van der Waals surface area (Å²) >= 11 is 1.41. The van der Waals surface area contributed by atoms with E-state index in [2.05, 4.69) is 10.3 Å². The molecule has 0 aliphatic rings. The van der Waals surface area contributed by atoms with Gasteiger partial charge in [-0.2, -0.15) is 8.42 Å². The van der Waals surface area contributed by atoms with Gasteiger partial charge in [0.25, 0.3) is 0 Å². The summed E-state index contributed by atoms with van der Waals surface area (Å²) < 4.78 is 59.3. The summed E-state index contributed by atoms with van der Waals surface area (Å²) in [6, 6.07) is 9.15. The Labute approximate surface area is 188 Å². The topological polar surface area (TPSA) is 108 Å². The molecule has 11 heteroatoms. The maximum absolute atomic E-state index is 13.4. The van der Waals surface area contributed by atoms with E-state index >= 15 is 0 Å². The smallest absolute Gasteiger partial charge is 0.346 e. The summed E-state index contributed by atoms with van der Waals surface area (Å²) in [5.41, 5.74) is 2.21. The van der Waals surface area contributed by atoms with Crippen molar-refractivity contribution in [3.8, 4) is 0 Å². The highest BCUT2D eigenvalue weighted by Gasteiger charge is 2.20. The lowest BCUT2D eigenvalue weighted by atomic mass is 10.0. The van der Waals surface area contributed by atoms with Crippen LogP contribution in [0.1, 0.15) is 34.8 Å². The lowest BCUT2D eigenvalue weighted by Gasteiger charge is -2.17. The molecule has 3 N–H and O–H groups in total. The minimum absolute atomic E-state index is 0.128. The number of benzene rings is 2. The van der Waals surface area contributed by atoms with Gasteiger partial charge >= 0.3 is 10.3 Å². The summed E-state index contributed by atoms with van der Waals surface area (Å²) in [6.07, 6.45) is 0.977. The molecule has 32 heavy (non-hydrogen) atoms. The van der Waals surface area contributed by atoms with Crippen LogP contribution >= 0.6 is 11.3 Å². The highest BCUT2D eigenvalue weighted by Crippen LogP contribution is 2.24. The molecule has 0 saturated heterocycles. The molecule has 0 bridgehead atoms. The van der Waals surface area contributed by atoms with Gasteiger partial charge in [-0.1, -0.05) is 25.1 Å². The Morgan fingerprint density at radius 1 is 1.12 bits per heavy atom. The largest absolute Gasteiger partial charge is 0.357 e. The van der Waals surface area contributed by atoms with Crippen molar-refractivity contribution < 1.29 is 26.5 Å². The molecule has 1 amide bonds. The van der Waals surface area contributed by atoms with Gasteiger partial charge in [0.05, 0.1) is 23.8 Å². The Kier molecular flexibility index (Phi) is 7.54. The molecule has 1 unspecified atom stereocenters. The van der Waals surface area contributed by atoms with Crippen LogP contribution in [0.4, 0.5) is 14.5 Å². The fourth-order valence-corrected chi connectivity index (χ4v) is 4.41. The van der Waals surface area contributed by atoms with E-state index in [0.717, 1.165) is 29.8 Å². The molecule has 0 aliphatic heterocycles. The number of carbonyl (C=O) groups is 1. The van der Waals surface area contributed by atoms with Crippen LogP contribution in [0.5, 0.6) is 0 Å². The normalized spacial score (nSPS) is 12.4. The van der Waals surface area contributed by atoms with E-state index in [1.807, 2.05) is 17.0 Å². The van der Waals surface area contributed by atoms with Crippen LogP contribution in [0.15, 0.2) is 47.8 Å². The second-order valence-electron chi connectivity index (χ2n) is 7.05. The van der Waals surface area contributed by atoms with Gasteiger partial charge in [-0.3, -0.25) is 14.1 Å². The first-order chi connectivity index (χ1) is 15.1. The third-order valence-electron chi connectivity index (χ3n) is 4.55. The van der Waals surface area contributed by atoms with Crippen molar-refractivity contribution in [1.29, 1.82) is 0 Å². The number of halogens is 2. The van der Waals surface area contributed by atoms with Gasteiger partial charge in [-0.05, 0) is 48.2 Å². The first kappa shape index (κ1) is 23.8. The molecule has 0 spiro atoms. The molecular formula is C21H21F2N3O4S2. The third-order valence-corrected chi connectivity index (χ3v) is 6.06. The summed E-state index contributed by atoms with van der Waals surface area (Å²) in [7, 11) is -4.37. The van der Waals surface area contributed by atoms with E-state index in [1.54, 1.807) is 12.1 Å². The van der Waals surface area contributed by atoms with E-state index in [-0.39, 0.29) is 18.0 Å². The van der Waals surface area contributed by atoms with Crippen LogP contribution in [0, 0.1) is 11.6 Å². The number of aryl methyl sites for hydroxylation is 1. The summed E-state index contributed by atoms with van der Waals surface area (Å²) in [5, 5.41) is 5.50. The number of hydrogen-bond acceptors (Lipinski definition) is 5. The van der Waals surface area contributed by atoms with Crippen molar-refractivity contribution in [2.24, 2.45) is 0 Å². The molecule has 0 radical (unpaired) electrons. The first-order valence-corrected chi connectivity index (χ1v) is 12.0. The minimum Gasteiger partial charge on any atom is -0.346 e. The fourth-order valence-electron chi connectivity index (χ4n) is 3.02. The zero-order valence-electron chi connectivity index (χ0n) is 17.0. The van der Waals surface area contributed by atoms with Gasteiger partial charge < -0.3 is 5.32 Å². The third kappa shape index (κ3) is 6.81.